The minimum absolute atomic E-state index is 0.0272. The van der Waals surface area contributed by atoms with Crippen molar-refractivity contribution in [1.82, 2.24) is 14.9 Å². The van der Waals surface area contributed by atoms with E-state index in [1.165, 1.54) is 22.9 Å². The maximum atomic E-state index is 15.3. The SMILES string of the molecule is C[Si](C)(C)CCOCn1cc(Cl)nc1C(=O)NCc1ccc(Cl)c(Oc2cc(Br)c(F)cc2[N+](=O)[O-])c1F. The van der Waals surface area contributed by atoms with Crippen LogP contribution >= 0.6 is 39.1 Å². The minimum Gasteiger partial charge on any atom is -0.445 e. The lowest BCUT2D eigenvalue weighted by molar-refractivity contribution is -0.385. The second kappa shape index (κ2) is 12.5. The summed E-state index contributed by atoms with van der Waals surface area (Å²) in [5.74, 6) is -3.49. The molecule has 1 aromatic heterocycles. The molecule has 3 aromatic rings. The van der Waals surface area contributed by atoms with Crippen molar-refractivity contribution in [3.8, 4) is 11.5 Å². The fourth-order valence-electron chi connectivity index (χ4n) is 3.12. The Balaban J connectivity index is 1.75. The van der Waals surface area contributed by atoms with E-state index < -0.39 is 47.7 Å². The molecule has 0 aliphatic heterocycles. The van der Waals surface area contributed by atoms with Gasteiger partial charge in [0.25, 0.3) is 5.91 Å². The van der Waals surface area contributed by atoms with Gasteiger partial charge in [-0.05, 0) is 28.0 Å². The summed E-state index contributed by atoms with van der Waals surface area (Å²) in [5, 5.41) is 13.8. The Morgan fingerprint density at radius 1 is 1.26 bits per heavy atom. The Labute approximate surface area is 236 Å². The number of hydrogen-bond donors (Lipinski definition) is 1. The van der Waals surface area contributed by atoms with Crippen LogP contribution in [0, 0.1) is 21.7 Å². The van der Waals surface area contributed by atoms with Crippen molar-refractivity contribution in [3.63, 3.8) is 0 Å². The zero-order valence-electron chi connectivity index (χ0n) is 20.5. The van der Waals surface area contributed by atoms with E-state index in [1.807, 2.05) is 0 Å². The average Bonchev–Trinajstić information content (AvgIpc) is 3.20. The number of nitro benzene ring substituents is 1. The van der Waals surface area contributed by atoms with Crippen LogP contribution < -0.4 is 10.1 Å². The molecule has 0 saturated heterocycles. The maximum Gasteiger partial charge on any atom is 0.314 e. The van der Waals surface area contributed by atoms with Crippen LogP contribution in [0.25, 0.3) is 0 Å². The zero-order valence-corrected chi connectivity index (χ0v) is 24.6. The number of nitrogens with one attached hydrogen (secondary N) is 1. The van der Waals surface area contributed by atoms with Crippen LogP contribution in [0.5, 0.6) is 11.5 Å². The van der Waals surface area contributed by atoms with Gasteiger partial charge in [-0.3, -0.25) is 14.9 Å². The smallest absolute Gasteiger partial charge is 0.314 e. The standard InChI is InChI=1S/C23H23BrCl2F2N4O5Si/c1-38(2,3)7-6-36-12-31-11-19(26)30-22(31)23(33)29-10-13-4-5-15(25)21(20(13)28)37-18-8-14(24)16(27)9-17(18)32(34)35/h4-5,8-9,11H,6-7,10,12H2,1-3H3,(H,29,33). The Bertz CT molecular complexity index is 1370. The molecule has 0 fully saturated rings. The quantitative estimate of drug-likeness (QED) is 0.102. The van der Waals surface area contributed by atoms with Gasteiger partial charge in [-0.1, -0.05) is 48.9 Å². The number of nitrogens with zero attached hydrogens (tertiary/aromatic N) is 3. The van der Waals surface area contributed by atoms with E-state index in [9.17, 15) is 19.3 Å². The first-order valence-electron chi connectivity index (χ1n) is 11.1. The molecule has 0 spiro atoms. The third-order valence-corrected chi connectivity index (χ3v) is 7.95. The van der Waals surface area contributed by atoms with E-state index in [0.29, 0.717) is 12.7 Å². The van der Waals surface area contributed by atoms with Crippen molar-refractivity contribution in [2.45, 2.75) is 39.0 Å². The topological polar surface area (TPSA) is 109 Å². The number of halogens is 5. The predicted molar refractivity (Wildman–Crippen MR) is 145 cm³/mol. The van der Waals surface area contributed by atoms with Crippen molar-refractivity contribution in [1.29, 1.82) is 0 Å². The minimum atomic E-state index is -1.29. The first-order valence-corrected chi connectivity index (χ1v) is 16.4. The summed E-state index contributed by atoms with van der Waals surface area (Å²) in [6, 6.07) is 5.19. The number of carbonyl (C=O) groups is 1. The summed E-state index contributed by atoms with van der Waals surface area (Å²) in [5.41, 5.74) is -0.757. The number of benzene rings is 2. The van der Waals surface area contributed by atoms with E-state index in [4.69, 9.17) is 32.7 Å². The number of carbonyl (C=O) groups excluding carboxylic acids is 1. The Morgan fingerprint density at radius 2 is 1.97 bits per heavy atom. The number of amides is 1. The van der Waals surface area contributed by atoms with E-state index in [2.05, 4.69) is 45.9 Å². The molecule has 15 heteroatoms. The molecular formula is C23H23BrCl2F2N4O5Si. The highest BCUT2D eigenvalue weighted by Gasteiger charge is 2.24. The van der Waals surface area contributed by atoms with Crippen molar-refractivity contribution < 1.29 is 28.0 Å². The van der Waals surface area contributed by atoms with Crippen LogP contribution in [-0.4, -0.2) is 35.1 Å². The summed E-state index contributed by atoms with van der Waals surface area (Å²) in [6.07, 6.45) is 1.45. The van der Waals surface area contributed by atoms with Gasteiger partial charge in [0, 0.05) is 39.1 Å². The van der Waals surface area contributed by atoms with Crippen LogP contribution in [0.3, 0.4) is 0 Å². The highest BCUT2D eigenvalue weighted by atomic mass is 79.9. The van der Waals surface area contributed by atoms with Gasteiger partial charge in [-0.15, -0.1) is 0 Å². The van der Waals surface area contributed by atoms with Gasteiger partial charge < -0.3 is 19.4 Å². The van der Waals surface area contributed by atoms with Gasteiger partial charge in [-0.2, -0.15) is 0 Å². The number of aromatic nitrogens is 2. The molecule has 3 rings (SSSR count). The molecule has 0 radical (unpaired) electrons. The molecular weight excluding hydrogens is 629 g/mol. The molecule has 0 aliphatic rings. The fourth-order valence-corrected chi connectivity index (χ4v) is 4.58. The summed E-state index contributed by atoms with van der Waals surface area (Å²) < 4.78 is 41.5. The molecule has 0 atom stereocenters. The largest absolute Gasteiger partial charge is 0.445 e. The van der Waals surface area contributed by atoms with Crippen LogP contribution in [0.1, 0.15) is 16.2 Å². The molecule has 2 aromatic carbocycles. The Kier molecular flexibility index (Phi) is 9.87. The van der Waals surface area contributed by atoms with Crippen LogP contribution in [-0.2, 0) is 18.0 Å². The Hall–Kier alpha value is -2.58. The van der Waals surface area contributed by atoms with E-state index >= 15 is 4.39 Å². The van der Waals surface area contributed by atoms with Gasteiger partial charge in [0.15, 0.2) is 11.6 Å². The van der Waals surface area contributed by atoms with Gasteiger partial charge in [0.05, 0.1) is 20.5 Å². The molecule has 0 bridgehead atoms. The molecule has 9 nitrogen and oxygen atoms in total. The summed E-state index contributed by atoms with van der Waals surface area (Å²) in [7, 11) is -1.29. The average molecular weight is 652 g/mol. The molecule has 38 heavy (non-hydrogen) atoms. The van der Waals surface area contributed by atoms with Gasteiger partial charge in [-0.25, -0.2) is 13.8 Å². The normalized spacial score (nSPS) is 11.5. The van der Waals surface area contributed by atoms with Crippen molar-refractivity contribution in [3.05, 3.63) is 78.2 Å². The lowest BCUT2D eigenvalue weighted by atomic mass is 10.2. The van der Waals surface area contributed by atoms with E-state index in [0.717, 1.165) is 12.1 Å². The van der Waals surface area contributed by atoms with E-state index in [-0.39, 0.29) is 39.3 Å². The van der Waals surface area contributed by atoms with Crippen molar-refractivity contribution >= 4 is 58.8 Å². The van der Waals surface area contributed by atoms with Crippen molar-refractivity contribution in [2.24, 2.45) is 0 Å². The molecule has 1 N–H and O–H groups in total. The number of imidazole rings is 1. The molecule has 204 valence electrons. The van der Waals surface area contributed by atoms with E-state index in [1.54, 1.807) is 0 Å². The van der Waals surface area contributed by atoms with Crippen molar-refractivity contribution in [2.75, 3.05) is 6.61 Å². The van der Waals surface area contributed by atoms with Gasteiger partial charge in [0.1, 0.15) is 17.7 Å². The third kappa shape index (κ3) is 7.73. The third-order valence-electron chi connectivity index (χ3n) is 5.16. The molecule has 0 unspecified atom stereocenters. The first kappa shape index (κ1) is 30.0. The molecule has 1 amide bonds. The van der Waals surface area contributed by atoms with Crippen LogP contribution in [0.4, 0.5) is 14.5 Å². The predicted octanol–water partition coefficient (Wildman–Crippen LogP) is 7.17. The monoisotopic (exact) mass is 650 g/mol. The maximum absolute atomic E-state index is 15.3. The van der Waals surface area contributed by atoms with Gasteiger partial charge in [0.2, 0.25) is 11.6 Å². The number of nitro groups is 1. The molecule has 0 saturated carbocycles. The summed E-state index contributed by atoms with van der Waals surface area (Å²) in [4.78, 5) is 27.3. The first-order chi connectivity index (χ1) is 17.8. The second-order valence-electron chi connectivity index (χ2n) is 9.33. The lowest BCUT2D eigenvalue weighted by Crippen LogP contribution is -2.27. The molecule has 1 heterocycles. The molecule has 0 aliphatic carbocycles. The summed E-state index contributed by atoms with van der Waals surface area (Å²) >= 11 is 15.0. The number of ether oxygens (including phenoxy) is 2. The number of hydrogen-bond acceptors (Lipinski definition) is 6. The highest BCUT2D eigenvalue weighted by Crippen LogP contribution is 2.40. The second-order valence-corrected chi connectivity index (χ2v) is 16.6. The highest BCUT2D eigenvalue weighted by molar-refractivity contribution is 9.10. The fraction of sp³-hybridized carbons (Fsp3) is 0.304. The summed E-state index contributed by atoms with van der Waals surface area (Å²) in [6.45, 7) is 6.94. The Morgan fingerprint density at radius 3 is 2.63 bits per heavy atom. The zero-order chi connectivity index (χ0) is 28.2. The van der Waals surface area contributed by atoms with Gasteiger partial charge >= 0.3 is 5.69 Å². The van der Waals surface area contributed by atoms with Crippen LogP contribution in [0.15, 0.2) is 34.9 Å². The number of rotatable bonds is 11. The van der Waals surface area contributed by atoms with Crippen LogP contribution in [0.2, 0.25) is 35.9 Å². The lowest BCUT2D eigenvalue weighted by Gasteiger charge is -2.16.